The molecule has 2 fully saturated rings. The molecule has 35 heavy (non-hydrogen) atoms. The molecule has 0 aliphatic carbocycles. The fourth-order valence-electron chi connectivity index (χ4n) is 4.61. The summed E-state index contributed by atoms with van der Waals surface area (Å²) in [6, 6.07) is 14.9. The summed E-state index contributed by atoms with van der Waals surface area (Å²) in [4.78, 5) is 29.0. The van der Waals surface area contributed by atoms with E-state index in [1.165, 1.54) is 24.3 Å². The average Bonchev–Trinajstić information content (AvgIpc) is 3.37. The van der Waals surface area contributed by atoms with Crippen LogP contribution in [0.5, 0.6) is 11.5 Å². The molecule has 0 unspecified atom stereocenters. The Morgan fingerprint density at radius 1 is 0.914 bits per heavy atom. The van der Waals surface area contributed by atoms with Crippen molar-refractivity contribution in [1.29, 1.82) is 0 Å². The first-order valence-electron chi connectivity index (χ1n) is 11.4. The van der Waals surface area contributed by atoms with Gasteiger partial charge >= 0.3 is 0 Å². The van der Waals surface area contributed by atoms with Gasteiger partial charge in [0.05, 0.1) is 11.4 Å². The number of hydrogen-bond donors (Lipinski definition) is 2. The Labute approximate surface area is 211 Å². The first-order valence-corrected chi connectivity index (χ1v) is 12.9. The van der Waals surface area contributed by atoms with Crippen LogP contribution in [-0.2, 0) is 19.4 Å². The van der Waals surface area contributed by atoms with Crippen molar-refractivity contribution in [3.05, 3.63) is 54.6 Å². The molecule has 2 amide bonds. The molecule has 11 heteroatoms. The molecule has 0 atom stereocenters. The SMILES string of the molecule is Cl.O=C(CN1CCCC1)N1CCC(C(=O)NO)(S(=O)(=O)c2ccc(Oc3ccccc3)cc2)CC1. The Morgan fingerprint density at radius 3 is 2.06 bits per heavy atom. The van der Waals surface area contributed by atoms with Gasteiger partial charge in [-0.25, -0.2) is 13.9 Å². The van der Waals surface area contributed by atoms with Crippen molar-refractivity contribution in [2.24, 2.45) is 0 Å². The Bertz CT molecular complexity index is 1110. The highest BCUT2D eigenvalue weighted by atomic mass is 35.5. The van der Waals surface area contributed by atoms with Crippen LogP contribution in [0.2, 0.25) is 0 Å². The van der Waals surface area contributed by atoms with Gasteiger partial charge in [-0.3, -0.25) is 19.7 Å². The summed E-state index contributed by atoms with van der Waals surface area (Å²) < 4.78 is 31.1. The van der Waals surface area contributed by atoms with E-state index in [0.29, 0.717) is 18.0 Å². The quantitative estimate of drug-likeness (QED) is 0.423. The smallest absolute Gasteiger partial charge is 0.265 e. The van der Waals surface area contributed by atoms with E-state index in [2.05, 4.69) is 4.90 Å². The highest BCUT2D eigenvalue weighted by Crippen LogP contribution is 2.37. The fraction of sp³-hybridized carbons (Fsp3) is 0.417. The van der Waals surface area contributed by atoms with Gasteiger partial charge in [0.1, 0.15) is 11.5 Å². The predicted octanol–water partition coefficient (Wildman–Crippen LogP) is 2.64. The third-order valence-corrected chi connectivity index (χ3v) is 9.14. The Kier molecular flexibility index (Phi) is 8.76. The molecule has 9 nitrogen and oxygen atoms in total. The van der Waals surface area contributed by atoms with Crippen molar-refractivity contribution in [1.82, 2.24) is 15.3 Å². The lowest BCUT2D eigenvalue weighted by atomic mass is 9.94. The maximum absolute atomic E-state index is 13.6. The Balaban J connectivity index is 0.00000342. The van der Waals surface area contributed by atoms with Gasteiger partial charge in [0.25, 0.3) is 5.91 Å². The molecule has 2 aromatic rings. The largest absolute Gasteiger partial charge is 0.457 e. The van der Waals surface area contributed by atoms with E-state index in [0.717, 1.165) is 25.9 Å². The van der Waals surface area contributed by atoms with Gasteiger partial charge in [-0.05, 0) is 75.2 Å². The number of sulfone groups is 1. The van der Waals surface area contributed by atoms with Crippen molar-refractivity contribution in [2.45, 2.75) is 35.3 Å². The highest BCUT2D eigenvalue weighted by Gasteiger charge is 2.53. The van der Waals surface area contributed by atoms with Crippen LogP contribution in [0.1, 0.15) is 25.7 Å². The van der Waals surface area contributed by atoms with E-state index < -0.39 is 20.5 Å². The van der Waals surface area contributed by atoms with Gasteiger partial charge in [-0.1, -0.05) is 18.2 Å². The van der Waals surface area contributed by atoms with Crippen LogP contribution in [0.15, 0.2) is 59.5 Å². The lowest BCUT2D eigenvalue weighted by Crippen LogP contribution is -2.59. The number of amides is 2. The second-order valence-electron chi connectivity index (χ2n) is 8.69. The predicted molar refractivity (Wildman–Crippen MR) is 132 cm³/mol. The molecule has 2 N–H and O–H groups in total. The maximum Gasteiger partial charge on any atom is 0.265 e. The lowest BCUT2D eigenvalue weighted by Gasteiger charge is -2.39. The van der Waals surface area contributed by atoms with E-state index in [-0.39, 0.29) is 49.1 Å². The lowest BCUT2D eigenvalue weighted by molar-refractivity contribution is -0.138. The summed E-state index contributed by atoms with van der Waals surface area (Å²) in [5.41, 5.74) is 1.54. The number of nitrogens with one attached hydrogen (secondary N) is 1. The number of benzene rings is 2. The molecule has 2 saturated heterocycles. The van der Waals surface area contributed by atoms with Crippen LogP contribution in [0.3, 0.4) is 0 Å². The van der Waals surface area contributed by atoms with Gasteiger partial charge in [0.2, 0.25) is 5.91 Å². The summed E-state index contributed by atoms with van der Waals surface area (Å²) in [6.07, 6.45) is 1.94. The van der Waals surface area contributed by atoms with Crippen LogP contribution < -0.4 is 10.2 Å². The number of likely N-dealkylation sites (tertiary alicyclic amines) is 2. The standard InChI is InChI=1S/C24H29N3O6S.ClH/c28-22(18-26-14-4-5-15-26)27-16-12-24(13-17-27,23(29)25-30)34(31,32)21-10-8-20(9-11-21)33-19-6-2-1-3-7-19;/h1-3,6-11,30H,4-5,12-18H2,(H,25,29);1H. The Morgan fingerprint density at radius 2 is 1.49 bits per heavy atom. The van der Waals surface area contributed by atoms with Crippen LogP contribution in [0.4, 0.5) is 0 Å². The monoisotopic (exact) mass is 523 g/mol. The number of nitrogens with zero attached hydrogens (tertiary/aromatic N) is 2. The van der Waals surface area contributed by atoms with Crippen molar-refractivity contribution in [2.75, 3.05) is 32.7 Å². The van der Waals surface area contributed by atoms with E-state index in [4.69, 9.17) is 4.74 Å². The van der Waals surface area contributed by atoms with Gasteiger partial charge in [0, 0.05) is 13.1 Å². The van der Waals surface area contributed by atoms with Gasteiger partial charge < -0.3 is 9.64 Å². The van der Waals surface area contributed by atoms with Gasteiger partial charge in [-0.2, -0.15) is 0 Å². The number of piperidine rings is 1. The zero-order chi connectivity index (χ0) is 24.2. The van der Waals surface area contributed by atoms with E-state index in [9.17, 15) is 23.2 Å². The van der Waals surface area contributed by atoms with Crippen molar-refractivity contribution >= 4 is 34.1 Å². The second kappa shape index (κ2) is 11.4. The molecule has 0 spiro atoms. The van der Waals surface area contributed by atoms with Crippen LogP contribution in [0, 0.1) is 0 Å². The first-order chi connectivity index (χ1) is 16.4. The molecular weight excluding hydrogens is 494 g/mol. The van der Waals surface area contributed by atoms with Crippen LogP contribution >= 0.6 is 12.4 Å². The van der Waals surface area contributed by atoms with Crippen molar-refractivity contribution in [3.63, 3.8) is 0 Å². The molecule has 2 aromatic carbocycles. The van der Waals surface area contributed by atoms with E-state index >= 15 is 0 Å². The Hall–Kier alpha value is -2.66. The third kappa shape index (κ3) is 5.61. The molecule has 0 bridgehead atoms. The number of ether oxygens (including phenoxy) is 1. The number of halogens is 1. The number of carbonyl (C=O) groups is 2. The number of hydroxylamine groups is 1. The zero-order valence-corrected chi connectivity index (χ0v) is 20.9. The normalized spacial score (nSPS) is 17.9. The minimum atomic E-state index is -4.17. The summed E-state index contributed by atoms with van der Waals surface area (Å²) in [5, 5.41) is 9.36. The van der Waals surface area contributed by atoms with Crippen LogP contribution in [-0.4, -0.2) is 72.7 Å². The summed E-state index contributed by atoms with van der Waals surface area (Å²) in [7, 11) is -4.17. The van der Waals surface area contributed by atoms with Crippen LogP contribution in [0.25, 0.3) is 0 Å². The van der Waals surface area contributed by atoms with Crippen molar-refractivity contribution < 1.29 is 28.0 Å². The molecule has 0 radical (unpaired) electrons. The second-order valence-corrected chi connectivity index (χ2v) is 10.9. The minimum absolute atomic E-state index is 0. The summed E-state index contributed by atoms with van der Waals surface area (Å²) in [6.45, 7) is 2.31. The molecule has 4 rings (SSSR count). The maximum atomic E-state index is 13.6. The van der Waals surface area contributed by atoms with E-state index in [1.807, 2.05) is 18.2 Å². The van der Waals surface area contributed by atoms with E-state index in [1.54, 1.807) is 22.5 Å². The van der Waals surface area contributed by atoms with Gasteiger partial charge in [0.15, 0.2) is 14.6 Å². The first kappa shape index (κ1) is 26.9. The molecule has 0 aromatic heterocycles. The molecule has 190 valence electrons. The number of rotatable bonds is 7. The zero-order valence-electron chi connectivity index (χ0n) is 19.3. The molecule has 2 aliphatic rings. The molecule has 2 heterocycles. The topological polar surface area (TPSA) is 116 Å². The molecule has 0 saturated carbocycles. The molecule has 2 aliphatic heterocycles. The highest BCUT2D eigenvalue weighted by molar-refractivity contribution is 7.93. The third-order valence-electron chi connectivity index (χ3n) is 6.62. The fourth-order valence-corrected chi connectivity index (χ4v) is 6.56. The van der Waals surface area contributed by atoms with Gasteiger partial charge in [-0.15, -0.1) is 12.4 Å². The number of hydrogen-bond acceptors (Lipinski definition) is 7. The minimum Gasteiger partial charge on any atom is -0.457 e. The summed E-state index contributed by atoms with van der Waals surface area (Å²) >= 11 is 0. The average molecular weight is 524 g/mol. The number of carbonyl (C=O) groups excluding carboxylic acids is 2. The number of para-hydroxylation sites is 1. The van der Waals surface area contributed by atoms with Crippen molar-refractivity contribution in [3.8, 4) is 11.5 Å². The molecular formula is C24H30ClN3O6S. The summed E-state index contributed by atoms with van der Waals surface area (Å²) in [5.74, 6) is 0.0109.